The van der Waals surface area contributed by atoms with Crippen molar-refractivity contribution < 1.29 is 9.32 Å². The van der Waals surface area contributed by atoms with Gasteiger partial charge < -0.3 is 14.7 Å². The van der Waals surface area contributed by atoms with Crippen molar-refractivity contribution in [2.24, 2.45) is 0 Å². The van der Waals surface area contributed by atoms with Crippen LogP contribution in [-0.2, 0) is 0 Å². The maximum Gasteiger partial charge on any atom is 0.277 e. The Morgan fingerprint density at radius 2 is 2.07 bits per heavy atom. The average Bonchev–Trinajstić information content (AvgIpc) is 3.06. The predicted molar refractivity (Wildman–Crippen MR) is 116 cm³/mol. The lowest BCUT2D eigenvalue weighted by molar-refractivity contribution is 0.101. The number of rotatable bonds is 4. The van der Waals surface area contributed by atoms with E-state index in [1.165, 1.54) is 55.3 Å². The van der Waals surface area contributed by atoms with Gasteiger partial charge in [0.1, 0.15) is 5.76 Å². The number of likely N-dealkylation sites (tertiary alicyclic amines) is 1. The van der Waals surface area contributed by atoms with E-state index in [1.54, 1.807) is 13.0 Å². The molecule has 2 heterocycles. The van der Waals surface area contributed by atoms with Gasteiger partial charge in [0.2, 0.25) is 0 Å². The number of nitrogens with zero attached hydrogens (tertiary/aromatic N) is 2. The van der Waals surface area contributed by atoms with Gasteiger partial charge in [-0.15, -0.1) is 0 Å². The molecule has 0 saturated carbocycles. The van der Waals surface area contributed by atoms with Crippen LogP contribution in [-0.4, -0.2) is 36.1 Å². The minimum atomic E-state index is -0.219. The molecule has 1 aliphatic heterocycles. The molecule has 1 fully saturated rings. The van der Waals surface area contributed by atoms with Crippen molar-refractivity contribution in [1.82, 2.24) is 10.1 Å². The molecule has 2 aromatic rings. The number of anilines is 1. The van der Waals surface area contributed by atoms with E-state index >= 15 is 0 Å². The van der Waals surface area contributed by atoms with Crippen molar-refractivity contribution in [2.75, 3.05) is 25.5 Å². The Bertz CT molecular complexity index is 899. The third kappa shape index (κ3) is 4.78. The molecular weight excluding hydrogens is 362 g/mol. The number of benzene rings is 1. The van der Waals surface area contributed by atoms with Gasteiger partial charge >= 0.3 is 0 Å². The van der Waals surface area contributed by atoms with E-state index < -0.39 is 0 Å². The first-order valence-electron chi connectivity index (χ1n) is 10.9. The van der Waals surface area contributed by atoms with Crippen LogP contribution in [0.25, 0.3) is 5.57 Å². The van der Waals surface area contributed by atoms with Gasteiger partial charge in [0.05, 0.1) is 0 Å². The van der Waals surface area contributed by atoms with Crippen molar-refractivity contribution >= 4 is 17.2 Å². The van der Waals surface area contributed by atoms with Crippen LogP contribution in [0.5, 0.6) is 0 Å². The van der Waals surface area contributed by atoms with Crippen LogP contribution < -0.4 is 5.32 Å². The van der Waals surface area contributed by atoms with Gasteiger partial charge in [0, 0.05) is 17.3 Å². The molecule has 1 aromatic carbocycles. The van der Waals surface area contributed by atoms with Gasteiger partial charge in [-0.1, -0.05) is 17.3 Å². The zero-order valence-electron chi connectivity index (χ0n) is 17.5. The summed E-state index contributed by atoms with van der Waals surface area (Å²) in [7, 11) is 2.21. The molecular formula is C24H31N3O2. The highest BCUT2D eigenvalue weighted by Gasteiger charge is 2.21. The Morgan fingerprint density at radius 3 is 2.83 bits per heavy atom. The van der Waals surface area contributed by atoms with Crippen molar-refractivity contribution in [3.8, 4) is 0 Å². The Balaban J connectivity index is 1.63. The molecule has 154 valence electrons. The Kier molecular flexibility index (Phi) is 6.14. The van der Waals surface area contributed by atoms with Crippen LogP contribution in [0.2, 0.25) is 0 Å². The zero-order valence-corrected chi connectivity index (χ0v) is 17.5. The van der Waals surface area contributed by atoms with E-state index in [0.29, 0.717) is 17.4 Å². The molecule has 0 radical (unpaired) electrons. The minimum Gasteiger partial charge on any atom is -0.361 e. The third-order valence-corrected chi connectivity index (χ3v) is 6.21. The molecule has 29 heavy (non-hydrogen) atoms. The molecule has 0 spiro atoms. The molecule has 5 nitrogen and oxygen atoms in total. The first kappa shape index (κ1) is 19.9. The van der Waals surface area contributed by atoms with Gasteiger partial charge in [-0.25, -0.2) is 0 Å². The number of hydrogen-bond acceptors (Lipinski definition) is 4. The van der Waals surface area contributed by atoms with Crippen molar-refractivity contribution in [1.29, 1.82) is 0 Å². The quantitative estimate of drug-likeness (QED) is 0.756. The van der Waals surface area contributed by atoms with E-state index in [-0.39, 0.29) is 5.91 Å². The monoisotopic (exact) mass is 393 g/mol. The van der Waals surface area contributed by atoms with Crippen LogP contribution in [0, 0.1) is 6.92 Å². The summed E-state index contributed by atoms with van der Waals surface area (Å²) in [6, 6.07) is 8.29. The largest absolute Gasteiger partial charge is 0.361 e. The highest BCUT2D eigenvalue weighted by atomic mass is 16.5. The third-order valence-electron chi connectivity index (χ3n) is 6.21. The molecule has 5 heteroatoms. The van der Waals surface area contributed by atoms with Crippen molar-refractivity contribution in [3.63, 3.8) is 0 Å². The molecule has 1 N–H and O–H groups in total. The average molecular weight is 394 g/mol. The summed E-state index contributed by atoms with van der Waals surface area (Å²) in [4.78, 5) is 15.1. The van der Waals surface area contributed by atoms with E-state index in [2.05, 4.69) is 46.7 Å². The summed E-state index contributed by atoms with van der Waals surface area (Å²) in [6.45, 7) is 4.12. The highest BCUT2D eigenvalue weighted by molar-refractivity contribution is 6.04. The molecule has 1 unspecified atom stereocenters. The van der Waals surface area contributed by atoms with E-state index in [1.807, 2.05) is 0 Å². The van der Waals surface area contributed by atoms with Crippen LogP contribution in [0.1, 0.15) is 78.2 Å². The summed E-state index contributed by atoms with van der Waals surface area (Å²) < 4.78 is 5.06. The van der Waals surface area contributed by atoms with Crippen LogP contribution in [0.15, 0.2) is 34.9 Å². The second kappa shape index (κ2) is 8.95. The summed E-state index contributed by atoms with van der Waals surface area (Å²) in [6.07, 6.45) is 10.7. The second-order valence-corrected chi connectivity index (χ2v) is 8.49. The summed E-state index contributed by atoms with van der Waals surface area (Å²) in [5, 5.41) is 6.93. The fourth-order valence-electron chi connectivity index (χ4n) is 4.51. The smallest absolute Gasteiger partial charge is 0.277 e. The first-order valence-corrected chi connectivity index (χ1v) is 10.9. The van der Waals surface area contributed by atoms with E-state index in [0.717, 1.165) is 25.1 Å². The minimum absolute atomic E-state index is 0.219. The molecule has 1 amide bonds. The normalized spacial score (nSPS) is 20.8. The fourth-order valence-corrected chi connectivity index (χ4v) is 4.51. The number of aryl methyl sites for hydroxylation is 1. The number of aromatic nitrogens is 1. The molecule has 1 aromatic heterocycles. The molecule has 4 rings (SSSR count). The summed E-state index contributed by atoms with van der Waals surface area (Å²) in [5.41, 5.74) is 5.13. The van der Waals surface area contributed by atoms with Gasteiger partial charge in [-0.05, 0) is 101 Å². The number of allylic oxidation sites excluding steroid dienone is 2. The van der Waals surface area contributed by atoms with E-state index in [9.17, 15) is 4.79 Å². The Labute approximate surface area is 173 Å². The standard InChI is InChI=1S/C24H31N3O2/c1-17-15-23(26-29-17)24(28)25-22-11-10-20(18-9-6-13-27(2)14-12-18)16-21(22)19-7-4-3-5-8-19/h7,10-11,15-16,18H,3-6,8-9,12-14H2,1-2H3,(H,25,28). The van der Waals surface area contributed by atoms with Crippen molar-refractivity contribution in [2.45, 2.75) is 57.8 Å². The maximum atomic E-state index is 12.7. The number of carbonyl (C=O) groups excluding carboxylic acids is 1. The van der Waals surface area contributed by atoms with E-state index in [4.69, 9.17) is 4.52 Å². The highest BCUT2D eigenvalue weighted by Crippen LogP contribution is 2.36. The van der Waals surface area contributed by atoms with Gasteiger partial charge in [0.15, 0.2) is 5.69 Å². The van der Waals surface area contributed by atoms with Gasteiger partial charge in [-0.3, -0.25) is 4.79 Å². The Morgan fingerprint density at radius 1 is 1.17 bits per heavy atom. The lowest BCUT2D eigenvalue weighted by Gasteiger charge is -2.21. The number of nitrogens with one attached hydrogen (secondary N) is 1. The topological polar surface area (TPSA) is 58.4 Å². The molecule has 1 saturated heterocycles. The lowest BCUT2D eigenvalue weighted by atomic mass is 9.86. The Hall–Kier alpha value is -2.40. The SMILES string of the molecule is Cc1cc(C(=O)Nc2ccc(C3CCCN(C)CC3)cc2C2=CCCCC2)no1. The maximum absolute atomic E-state index is 12.7. The van der Waals surface area contributed by atoms with Crippen molar-refractivity contribution in [3.05, 3.63) is 52.9 Å². The van der Waals surface area contributed by atoms with Crippen LogP contribution in [0.3, 0.4) is 0 Å². The molecule has 1 aliphatic carbocycles. The van der Waals surface area contributed by atoms with Gasteiger partial charge in [0.25, 0.3) is 5.91 Å². The predicted octanol–water partition coefficient (Wildman–Crippen LogP) is 5.39. The van der Waals surface area contributed by atoms with Crippen LogP contribution in [0.4, 0.5) is 5.69 Å². The fraction of sp³-hybridized carbons (Fsp3) is 0.500. The molecule has 1 atom stereocenters. The summed E-state index contributed by atoms with van der Waals surface area (Å²) >= 11 is 0. The molecule has 0 bridgehead atoms. The van der Waals surface area contributed by atoms with Crippen LogP contribution >= 0.6 is 0 Å². The number of carbonyl (C=O) groups is 1. The summed E-state index contributed by atoms with van der Waals surface area (Å²) in [5.74, 6) is 1.01. The molecule has 2 aliphatic rings. The van der Waals surface area contributed by atoms with Gasteiger partial charge in [-0.2, -0.15) is 0 Å². The lowest BCUT2D eigenvalue weighted by Crippen LogP contribution is -2.18. The zero-order chi connectivity index (χ0) is 20.2. The first-order chi connectivity index (χ1) is 14.1. The second-order valence-electron chi connectivity index (χ2n) is 8.49. The number of amides is 1. The number of hydrogen-bond donors (Lipinski definition) is 1.